The quantitative estimate of drug-likeness (QED) is 0.0320. The second kappa shape index (κ2) is 71.6. The van der Waals surface area contributed by atoms with Gasteiger partial charge in [0.05, 0.1) is 25.4 Å². The number of esters is 1. The number of ether oxygens (including phenoxy) is 1. The Balaban J connectivity index is 3.41. The smallest absolute Gasteiger partial charge is 0.305 e. The lowest BCUT2D eigenvalue weighted by molar-refractivity contribution is -0.143. The van der Waals surface area contributed by atoms with Crippen LogP contribution in [0.4, 0.5) is 0 Å². The molecule has 0 aliphatic carbocycles. The normalized spacial score (nSPS) is 12.7. The van der Waals surface area contributed by atoms with E-state index in [1.165, 1.54) is 327 Å². The summed E-state index contributed by atoms with van der Waals surface area (Å²) < 4.78 is 5.50. The molecule has 0 radical (unpaired) electrons. The Labute approximate surface area is 513 Å². The van der Waals surface area contributed by atoms with Crippen LogP contribution in [-0.4, -0.2) is 47.4 Å². The highest BCUT2D eigenvalue weighted by Crippen LogP contribution is 2.19. The molecule has 0 saturated carbocycles. The van der Waals surface area contributed by atoms with E-state index >= 15 is 0 Å². The Morgan fingerprint density at radius 2 is 0.610 bits per heavy atom. The van der Waals surface area contributed by atoms with Gasteiger partial charge in [-0.3, -0.25) is 9.59 Å². The van der Waals surface area contributed by atoms with Gasteiger partial charge in [0.15, 0.2) is 0 Å². The van der Waals surface area contributed by atoms with E-state index in [1.807, 2.05) is 0 Å². The van der Waals surface area contributed by atoms with Crippen LogP contribution in [0.2, 0.25) is 0 Å². The molecular weight excluding hydrogens is 1010 g/mol. The fourth-order valence-corrected chi connectivity index (χ4v) is 11.7. The maximum Gasteiger partial charge on any atom is 0.305 e. The molecule has 3 N–H and O–H groups in total. The van der Waals surface area contributed by atoms with Crippen LogP contribution < -0.4 is 5.32 Å². The summed E-state index contributed by atoms with van der Waals surface area (Å²) in [4.78, 5) is 24.7. The van der Waals surface area contributed by atoms with Crippen molar-refractivity contribution in [2.24, 2.45) is 0 Å². The van der Waals surface area contributed by atoms with Gasteiger partial charge in [0, 0.05) is 12.8 Å². The zero-order valence-corrected chi connectivity index (χ0v) is 55.5. The van der Waals surface area contributed by atoms with E-state index in [4.69, 9.17) is 4.74 Å². The van der Waals surface area contributed by atoms with Crippen molar-refractivity contribution in [3.05, 3.63) is 36.5 Å². The van der Waals surface area contributed by atoms with E-state index in [0.717, 1.165) is 51.4 Å². The van der Waals surface area contributed by atoms with Gasteiger partial charge in [-0.05, 0) is 83.5 Å². The van der Waals surface area contributed by atoms with E-state index in [0.29, 0.717) is 25.9 Å². The Kier molecular flexibility index (Phi) is 69.9. The second-order valence-corrected chi connectivity index (χ2v) is 25.6. The van der Waals surface area contributed by atoms with Crippen LogP contribution in [-0.2, 0) is 14.3 Å². The third kappa shape index (κ3) is 67.2. The summed E-state index contributed by atoms with van der Waals surface area (Å²) in [6, 6.07) is -0.549. The molecule has 0 fully saturated rings. The highest BCUT2D eigenvalue weighted by molar-refractivity contribution is 5.76. The predicted octanol–water partition coefficient (Wildman–Crippen LogP) is 24.3. The molecular formula is C76H145NO5. The Morgan fingerprint density at radius 1 is 0.341 bits per heavy atom. The molecule has 0 aromatic heterocycles. The minimum Gasteiger partial charge on any atom is -0.466 e. The van der Waals surface area contributed by atoms with Gasteiger partial charge in [0.2, 0.25) is 5.91 Å². The van der Waals surface area contributed by atoms with Gasteiger partial charge in [0.25, 0.3) is 0 Å². The molecule has 2 unspecified atom stereocenters. The van der Waals surface area contributed by atoms with Gasteiger partial charge in [-0.1, -0.05) is 352 Å². The topological polar surface area (TPSA) is 95.9 Å². The second-order valence-electron chi connectivity index (χ2n) is 25.6. The molecule has 1 amide bonds. The predicted molar refractivity (Wildman–Crippen MR) is 361 cm³/mol. The molecule has 0 heterocycles. The first-order valence-electron chi connectivity index (χ1n) is 37.2. The van der Waals surface area contributed by atoms with Crippen LogP contribution in [0.5, 0.6) is 0 Å². The highest BCUT2D eigenvalue weighted by Gasteiger charge is 2.20. The van der Waals surface area contributed by atoms with Crippen molar-refractivity contribution in [3.8, 4) is 0 Å². The molecule has 0 bridgehead atoms. The number of amides is 1. The summed E-state index contributed by atoms with van der Waals surface area (Å²) in [5.74, 6) is -0.0339. The van der Waals surface area contributed by atoms with Crippen molar-refractivity contribution < 1.29 is 24.5 Å². The molecule has 6 heteroatoms. The molecule has 0 aromatic carbocycles. The lowest BCUT2D eigenvalue weighted by Gasteiger charge is -2.22. The maximum atomic E-state index is 12.6. The minimum atomic E-state index is -0.671. The molecule has 0 spiro atoms. The van der Waals surface area contributed by atoms with Crippen LogP contribution in [0.15, 0.2) is 36.5 Å². The molecule has 484 valence electrons. The van der Waals surface area contributed by atoms with Crippen molar-refractivity contribution in [2.75, 3.05) is 13.2 Å². The number of unbranched alkanes of at least 4 members (excludes halogenated alkanes) is 53. The Morgan fingerprint density at radius 3 is 0.951 bits per heavy atom. The highest BCUT2D eigenvalue weighted by atomic mass is 16.5. The molecule has 0 aliphatic heterocycles. The van der Waals surface area contributed by atoms with Gasteiger partial charge in [-0.15, -0.1) is 0 Å². The number of hydrogen-bond acceptors (Lipinski definition) is 5. The number of aliphatic hydroxyl groups excluding tert-OH is 2. The fraction of sp³-hybridized carbons (Fsp3) is 0.895. The summed E-state index contributed by atoms with van der Waals surface area (Å²) in [5, 5.41) is 23.5. The zero-order chi connectivity index (χ0) is 59.2. The van der Waals surface area contributed by atoms with Crippen LogP contribution in [0.1, 0.15) is 412 Å². The van der Waals surface area contributed by atoms with Crippen molar-refractivity contribution in [1.82, 2.24) is 5.32 Å². The van der Waals surface area contributed by atoms with Crippen molar-refractivity contribution in [2.45, 2.75) is 424 Å². The number of rotatable bonds is 70. The van der Waals surface area contributed by atoms with Gasteiger partial charge >= 0.3 is 5.97 Å². The number of hydrogen-bond donors (Lipinski definition) is 3. The number of allylic oxidation sites excluding steroid dienone is 6. The SMILES string of the molecule is CCCCCC/C=C\C/C=C\CCCCCCCCCC(=O)OCCCCCCCCCCCCC/C=C\CCCCCCCCCC(=O)NC(CO)C(O)CCCCCCCCCCCCCCCCCCCCCCCCCCC. The number of nitrogens with one attached hydrogen (secondary N) is 1. The van der Waals surface area contributed by atoms with Crippen molar-refractivity contribution in [1.29, 1.82) is 0 Å². The Bertz CT molecular complexity index is 1330. The molecule has 0 saturated heterocycles. The maximum absolute atomic E-state index is 12.6. The lowest BCUT2D eigenvalue weighted by atomic mass is 10.0. The summed E-state index contributed by atoms with van der Waals surface area (Å²) in [6.07, 6.45) is 92.0. The van der Waals surface area contributed by atoms with E-state index in [1.54, 1.807) is 0 Å². The largest absolute Gasteiger partial charge is 0.466 e. The zero-order valence-electron chi connectivity index (χ0n) is 55.5. The lowest BCUT2D eigenvalue weighted by Crippen LogP contribution is -2.45. The van der Waals surface area contributed by atoms with E-state index in [9.17, 15) is 19.8 Å². The van der Waals surface area contributed by atoms with Crippen LogP contribution >= 0.6 is 0 Å². The first-order chi connectivity index (χ1) is 40.5. The summed E-state index contributed by atoms with van der Waals surface area (Å²) in [7, 11) is 0. The molecule has 0 aromatic rings. The van der Waals surface area contributed by atoms with Crippen molar-refractivity contribution >= 4 is 11.9 Å². The van der Waals surface area contributed by atoms with Crippen molar-refractivity contribution in [3.63, 3.8) is 0 Å². The first kappa shape index (κ1) is 80.1. The van der Waals surface area contributed by atoms with Gasteiger partial charge in [-0.25, -0.2) is 0 Å². The molecule has 0 rings (SSSR count). The van der Waals surface area contributed by atoms with Gasteiger partial charge < -0.3 is 20.3 Å². The summed E-state index contributed by atoms with van der Waals surface area (Å²) in [5.41, 5.74) is 0. The van der Waals surface area contributed by atoms with E-state index < -0.39 is 12.1 Å². The molecule has 0 aliphatic rings. The molecule has 82 heavy (non-hydrogen) atoms. The average molecular weight is 1150 g/mol. The van der Waals surface area contributed by atoms with Gasteiger partial charge in [-0.2, -0.15) is 0 Å². The van der Waals surface area contributed by atoms with Crippen LogP contribution in [0.3, 0.4) is 0 Å². The fourth-order valence-electron chi connectivity index (χ4n) is 11.7. The minimum absolute atomic E-state index is 0.00356. The van der Waals surface area contributed by atoms with Crippen LogP contribution in [0.25, 0.3) is 0 Å². The van der Waals surface area contributed by atoms with Gasteiger partial charge in [0.1, 0.15) is 0 Å². The third-order valence-corrected chi connectivity index (χ3v) is 17.4. The number of carbonyl (C=O) groups excluding carboxylic acids is 2. The molecule has 2 atom stereocenters. The first-order valence-corrected chi connectivity index (χ1v) is 37.2. The summed E-state index contributed by atoms with van der Waals surface area (Å²) in [6.45, 7) is 4.97. The molecule has 6 nitrogen and oxygen atoms in total. The standard InChI is InChI=1S/C76H145NO5/c1-3-5-7-9-11-13-15-17-19-21-23-24-25-26-27-30-33-36-40-44-48-52-56-60-64-68-74(79)73(72-78)77-75(80)69-65-61-57-53-49-45-41-37-34-31-28-29-32-35-39-43-47-51-55-59-63-67-71-82-76(81)70-66-62-58-54-50-46-42-38-22-20-18-16-14-12-10-8-6-4-2/h14,16,20,22,31,34,73-74,78-79H,3-13,15,17-19,21,23-30,32-33,35-72H2,1-2H3,(H,77,80)/b16-14-,22-20-,34-31-. The van der Waals surface area contributed by atoms with E-state index in [2.05, 4.69) is 55.6 Å². The van der Waals surface area contributed by atoms with Crippen LogP contribution in [0, 0.1) is 0 Å². The average Bonchev–Trinajstić information content (AvgIpc) is 3.48. The number of carbonyl (C=O) groups is 2. The third-order valence-electron chi connectivity index (χ3n) is 17.4. The summed E-state index contributed by atoms with van der Waals surface area (Å²) >= 11 is 0. The monoisotopic (exact) mass is 1150 g/mol. The number of aliphatic hydroxyl groups is 2. The van der Waals surface area contributed by atoms with E-state index in [-0.39, 0.29) is 18.5 Å². The Hall–Kier alpha value is -1.92.